The molecule has 3 aromatic rings. The predicted molar refractivity (Wildman–Crippen MR) is 160 cm³/mol. The molecular weight excluding hydrogens is 581 g/mol. The molecule has 42 heavy (non-hydrogen) atoms. The second kappa shape index (κ2) is 12.0. The predicted octanol–water partition coefficient (Wildman–Crippen LogP) is 7.69. The molecule has 1 aliphatic carbocycles. The van der Waals surface area contributed by atoms with Gasteiger partial charge in [-0.1, -0.05) is 18.7 Å². The SMILES string of the molecule is C=CCOC(=O)Nc1cccc(-c2nc(C3CCC4(CC3)CN(C(=O)OC(C)(C)C)C4)sc2-c2ccnc(Cl)n2)c1F. The highest BCUT2D eigenvalue weighted by molar-refractivity contribution is 7.15. The van der Waals surface area contributed by atoms with E-state index in [4.69, 9.17) is 26.1 Å². The second-order valence-electron chi connectivity index (χ2n) is 11.7. The number of rotatable bonds is 6. The number of aromatic nitrogens is 3. The molecular formula is C30H33ClFN5O4S. The average Bonchev–Trinajstić information content (AvgIpc) is 3.36. The largest absolute Gasteiger partial charge is 0.445 e. The molecule has 1 saturated heterocycles. The van der Waals surface area contributed by atoms with Crippen molar-refractivity contribution in [3.05, 3.63) is 59.2 Å². The lowest BCUT2D eigenvalue weighted by atomic mass is 9.66. The zero-order chi connectivity index (χ0) is 30.1. The van der Waals surface area contributed by atoms with Gasteiger partial charge in [0.2, 0.25) is 5.28 Å². The third-order valence-corrected chi connectivity index (χ3v) is 8.85. The highest BCUT2D eigenvalue weighted by atomic mass is 35.5. The molecule has 3 heterocycles. The smallest absolute Gasteiger partial charge is 0.412 e. The van der Waals surface area contributed by atoms with Crippen molar-refractivity contribution in [1.82, 2.24) is 19.9 Å². The van der Waals surface area contributed by atoms with Crippen molar-refractivity contribution in [3.8, 4) is 21.8 Å². The van der Waals surface area contributed by atoms with Gasteiger partial charge < -0.3 is 14.4 Å². The number of nitrogens with one attached hydrogen (secondary N) is 1. The van der Waals surface area contributed by atoms with Crippen molar-refractivity contribution in [2.45, 2.75) is 58.0 Å². The van der Waals surface area contributed by atoms with Crippen LogP contribution in [-0.2, 0) is 9.47 Å². The molecule has 2 amide bonds. The van der Waals surface area contributed by atoms with Crippen LogP contribution in [0.3, 0.4) is 0 Å². The van der Waals surface area contributed by atoms with Crippen molar-refractivity contribution < 1.29 is 23.5 Å². The number of likely N-dealkylation sites (tertiary alicyclic amines) is 1. The summed E-state index contributed by atoms with van der Waals surface area (Å²) in [5.74, 6) is -0.454. The molecule has 222 valence electrons. The van der Waals surface area contributed by atoms with Gasteiger partial charge in [0.05, 0.1) is 27.0 Å². The van der Waals surface area contributed by atoms with Crippen LogP contribution in [0.5, 0.6) is 0 Å². The van der Waals surface area contributed by atoms with Crippen LogP contribution in [-0.4, -0.2) is 57.3 Å². The third-order valence-electron chi connectivity index (χ3n) is 7.43. The minimum absolute atomic E-state index is 0.00289. The maximum atomic E-state index is 15.8. The van der Waals surface area contributed by atoms with Gasteiger partial charge in [0.1, 0.15) is 12.2 Å². The Morgan fingerprint density at radius 3 is 2.64 bits per heavy atom. The van der Waals surface area contributed by atoms with E-state index in [-0.39, 0.29) is 40.6 Å². The van der Waals surface area contributed by atoms with E-state index in [1.807, 2.05) is 20.8 Å². The van der Waals surface area contributed by atoms with Gasteiger partial charge in [0.25, 0.3) is 0 Å². The number of anilines is 1. The maximum absolute atomic E-state index is 15.8. The van der Waals surface area contributed by atoms with Crippen LogP contribution < -0.4 is 5.32 Å². The van der Waals surface area contributed by atoms with Crippen molar-refractivity contribution in [2.24, 2.45) is 5.41 Å². The van der Waals surface area contributed by atoms with Crippen molar-refractivity contribution in [2.75, 3.05) is 25.0 Å². The fourth-order valence-corrected chi connectivity index (χ4v) is 6.80. The molecule has 1 aromatic carbocycles. The number of amides is 2. The van der Waals surface area contributed by atoms with Crippen LogP contribution >= 0.6 is 22.9 Å². The van der Waals surface area contributed by atoms with Gasteiger partial charge >= 0.3 is 12.2 Å². The minimum atomic E-state index is -0.787. The zero-order valence-electron chi connectivity index (χ0n) is 23.8. The van der Waals surface area contributed by atoms with Gasteiger partial charge in [0.15, 0.2) is 5.82 Å². The van der Waals surface area contributed by atoms with Gasteiger partial charge in [-0.2, -0.15) is 0 Å². The molecule has 1 spiro atoms. The number of hydrogen-bond donors (Lipinski definition) is 1. The third kappa shape index (κ3) is 6.57. The summed E-state index contributed by atoms with van der Waals surface area (Å²) in [4.78, 5) is 40.3. The standard InChI is InChI=1S/C30H33ClFN5O4S/c1-5-15-40-27(38)35-20-8-6-7-19(22(20)32)23-24(21-11-14-33-26(31)34-21)42-25(36-23)18-9-12-30(13-10-18)16-37(17-30)28(39)41-29(2,3)4/h5-8,11,14,18H,1,9-10,12-13,15-17H2,2-4H3,(H,35,38). The topological polar surface area (TPSA) is 107 Å². The van der Waals surface area contributed by atoms with E-state index in [0.29, 0.717) is 29.4 Å². The number of ether oxygens (including phenoxy) is 2. The molecule has 1 N–H and O–H groups in total. The summed E-state index contributed by atoms with van der Waals surface area (Å²) in [6.45, 7) is 10.5. The van der Waals surface area contributed by atoms with Crippen molar-refractivity contribution in [1.29, 1.82) is 0 Å². The first-order valence-corrected chi connectivity index (χ1v) is 15.0. The van der Waals surface area contributed by atoms with Crippen LogP contribution in [0.15, 0.2) is 43.1 Å². The Kier molecular flexibility index (Phi) is 8.52. The van der Waals surface area contributed by atoms with Crippen molar-refractivity contribution in [3.63, 3.8) is 0 Å². The number of halogens is 2. The Morgan fingerprint density at radius 2 is 1.98 bits per heavy atom. The summed E-state index contributed by atoms with van der Waals surface area (Å²) in [5.41, 5.74) is 0.741. The average molecular weight is 614 g/mol. The first-order chi connectivity index (χ1) is 20.0. The van der Waals surface area contributed by atoms with E-state index in [1.165, 1.54) is 23.5 Å². The maximum Gasteiger partial charge on any atom is 0.412 e. The molecule has 0 atom stereocenters. The molecule has 12 heteroatoms. The van der Waals surface area contributed by atoms with Crippen molar-refractivity contribution >= 4 is 40.8 Å². The summed E-state index contributed by atoms with van der Waals surface area (Å²) in [6, 6.07) is 6.45. The van der Waals surface area contributed by atoms with E-state index in [2.05, 4.69) is 21.9 Å². The molecule has 2 aromatic heterocycles. The minimum Gasteiger partial charge on any atom is -0.445 e. The summed E-state index contributed by atoms with van der Waals surface area (Å²) < 4.78 is 26.3. The molecule has 1 aliphatic heterocycles. The number of nitrogens with zero attached hydrogens (tertiary/aromatic N) is 4. The molecule has 1 saturated carbocycles. The summed E-state index contributed by atoms with van der Waals surface area (Å²) in [6.07, 6.45) is 5.65. The Morgan fingerprint density at radius 1 is 1.24 bits per heavy atom. The quantitative estimate of drug-likeness (QED) is 0.224. The van der Waals surface area contributed by atoms with E-state index >= 15 is 4.39 Å². The highest BCUT2D eigenvalue weighted by Gasteiger charge is 2.48. The molecule has 2 fully saturated rings. The van der Waals surface area contributed by atoms with Gasteiger partial charge in [-0.25, -0.2) is 28.9 Å². The van der Waals surface area contributed by atoms with Crippen LogP contribution in [0.1, 0.15) is 57.4 Å². The van der Waals surface area contributed by atoms with E-state index in [0.717, 1.165) is 30.7 Å². The first-order valence-electron chi connectivity index (χ1n) is 13.8. The fraction of sp³-hybridized carbons (Fsp3) is 0.433. The lowest BCUT2D eigenvalue weighted by Crippen LogP contribution is -2.60. The Hall–Kier alpha value is -3.57. The molecule has 5 rings (SSSR count). The number of carbonyl (C=O) groups is 2. The monoisotopic (exact) mass is 613 g/mol. The number of benzene rings is 1. The van der Waals surface area contributed by atoms with Crippen LogP contribution in [0.25, 0.3) is 21.8 Å². The molecule has 0 unspecified atom stereocenters. The molecule has 0 radical (unpaired) electrons. The number of carbonyl (C=O) groups excluding carboxylic acids is 2. The lowest BCUT2D eigenvalue weighted by molar-refractivity contribution is -0.0506. The molecule has 0 bridgehead atoms. The van der Waals surface area contributed by atoms with Gasteiger partial charge in [-0.05, 0) is 76.3 Å². The fourth-order valence-electron chi connectivity index (χ4n) is 5.43. The van der Waals surface area contributed by atoms with E-state index < -0.39 is 17.5 Å². The first kappa shape index (κ1) is 29.9. The van der Waals surface area contributed by atoms with E-state index in [1.54, 1.807) is 29.3 Å². The Bertz CT molecular complexity index is 1490. The van der Waals surface area contributed by atoms with Crippen LogP contribution in [0, 0.1) is 11.2 Å². The number of thiazole rings is 1. The molecule has 2 aliphatic rings. The number of hydrogen-bond acceptors (Lipinski definition) is 8. The summed E-state index contributed by atoms with van der Waals surface area (Å²) in [7, 11) is 0. The summed E-state index contributed by atoms with van der Waals surface area (Å²) >= 11 is 7.58. The van der Waals surface area contributed by atoms with Crippen LogP contribution in [0.4, 0.5) is 19.7 Å². The van der Waals surface area contributed by atoms with Gasteiger partial charge in [0, 0.05) is 36.2 Å². The highest BCUT2D eigenvalue weighted by Crippen LogP contribution is 2.50. The van der Waals surface area contributed by atoms with Gasteiger partial charge in [-0.3, -0.25) is 5.32 Å². The lowest BCUT2D eigenvalue weighted by Gasteiger charge is -2.53. The zero-order valence-corrected chi connectivity index (χ0v) is 25.4. The molecule has 9 nitrogen and oxygen atoms in total. The van der Waals surface area contributed by atoms with E-state index in [9.17, 15) is 9.59 Å². The second-order valence-corrected chi connectivity index (χ2v) is 13.1. The summed E-state index contributed by atoms with van der Waals surface area (Å²) in [5, 5.41) is 3.41. The Balaban J connectivity index is 1.38. The Labute approximate surface area is 253 Å². The van der Waals surface area contributed by atoms with Gasteiger partial charge in [-0.15, -0.1) is 11.3 Å². The normalized spacial score (nSPS) is 16.5. The van der Waals surface area contributed by atoms with Crippen LogP contribution in [0.2, 0.25) is 5.28 Å².